The largest absolute Gasteiger partial charge is 0.467 e. The van der Waals surface area contributed by atoms with E-state index in [4.69, 9.17) is 20.8 Å². The van der Waals surface area contributed by atoms with Gasteiger partial charge >= 0.3 is 5.97 Å². The van der Waals surface area contributed by atoms with E-state index in [1.165, 1.54) is 16.7 Å². The summed E-state index contributed by atoms with van der Waals surface area (Å²) in [6.07, 6.45) is 1.60. The highest BCUT2D eigenvalue weighted by Gasteiger charge is 2.22. The minimum atomic E-state index is -0.472. The maximum Gasteiger partial charge on any atom is 0.326 e. The van der Waals surface area contributed by atoms with Gasteiger partial charge in [0, 0.05) is 16.3 Å². The Balaban J connectivity index is 1.57. The zero-order valence-electron chi connectivity index (χ0n) is 19.0. The average molecular weight is 511 g/mol. The second kappa shape index (κ2) is 11.7. The first kappa shape index (κ1) is 24.6. The average Bonchev–Trinajstić information content (AvgIpc) is 3.53. The van der Waals surface area contributed by atoms with Crippen molar-refractivity contribution in [3.63, 3.8) is 0 Å². The number of carbonyl (C=O) groups excluding carboxylic acids is 2. The summed E-state index contributed by atoms with van der Waals surface area (Å²) in [5.41, 5.74) is 1.45. The van der Waals surface area contributed by atoms with Gasteiger partial charge in [-0.15, -0.1) is 10.2 Å². The van der Waals surface area contributed by atoms with Gasteiger partial charge in [-0.1, -0.05) is 41.6 Å². The molecule has 0 aliphatic heterocycles. The van der Waals surface area contributed by atoms with Gasteiger partial charge in [-0.25, -0.2) is 0 Å². The summed E-state index contributed by atoms with van der Waals surface area (Å²) in [5, 5.41) is 9.85. The van der Waals surface area contributed by atoms with E-state index in [-0.39, 0.29) is 24.8 Å². The molecule has 0 saturated heterocycles. The molecule has 0 aliphatic carbocycles. The number of rotatable bonds is 10. The molecule has 180 valence electrons. The van der Waals surface area contributed by atoms with E-state index in [1.54, 1.807) is 37.5 Å². The number of para-hydroxylation sites is 1. The van der Waals surface area contributed by atoms with Gasteiger partial charge in [0.15, 0.2) is 11.0 Å². The van der Waals surface area contributed by atoms with Crippen LogP contribution in [0.5, 0.6) is 0 Å². The number of benzene rings is 2. The van der Waals surface area contributed by atoms with Crippen LogP contribution in [0.15, 0.2) is 82.6 Å². The Hall–Kier alpha value is -3.56. The third-order valence-corrected chi connectivity index (χ3v) is 6.20. The molecule has 0 saturated carbocycles. The molecule has 4 rings (SSSR count). The van der Waals surface area contributed by atoms with Crippen LogP contribution >= 0.6 is 23.4 Å². The Kier molecular flexibility index (Phi) is 8.23. The number of thioether (sulfide) groups is 1. The van der Waals surface area contributed by atoms with Gasteiger partial charge < -0.3 is 14.1 Å². The van der Waals surface area contributed by atoms with Gasteiger partial charge in [-0.3, -0.25) is 14.2 Å². The van der Waals surface area contributed by atoms with Crippen LogP contribution < -0.4 is 4.90 Å². The Morgan fingerprint density at radius 3 is 2.51 bits per heavy atom. The first-order valence-electron chi connectivity index (χ1n) is 10.9. The molecule has 2 aromatic carbocycles. The molecule has 0 unspecified atom stereocenters. The number of anilines is 1. The smallest absolute Gasteiger partial charge is 0.326 e. The number of carbonyl (C=O) groups is 2. The maximum atomic E-state index is 13.2. The monoisotopic (exact) mass is 510 g/mol. The van der Waals surface area contributed by atoms with Crippen LogP contribution in [0.25, 0.3) is 11.4 Å². The zero-order valence-corrected chi connectivity index (χ0v) is 20.5. The molecule has 2 heterocycles. The van der Waals surface area contributed by atoms with Crippen molar-refractivity contribution >= 4 is 40.9 Å². The number of nitrogens with zero attached hydrogens (tertiary/aromatic N) is 4. The third kappa shape index (κ3) is 6.32. The summed E-state index contributed by atoms with van der Waals surface area (Å²) in [4.78, 5) is 26.8. The third-order valence-electron chi connectivity index (χ3n) is 5.00. The molecule has 2 aromatic heterocycles. The molecule has 0 spiro atoms. The number of halogens is 1. The molecule has 1 amide bonds. The van der Waals surface area contributed by atoms with Crippen molar-refractivity contribution in [2.45, 2.75) is 18.6 Å². The van der Waals surface area contributed by atoms with Gasteiger partial charge in [-0.05, 0) is 55.5 Å². The summed E-state index contributed by atoms with van der Waals surface area (Å²) in [7, 11) is 0. The number of esters is 1. The van der Waals surface area contributed by atoms with Crippen molar-refractivity contribution < 1.29 is 18.7 Å². The lowest BCUT2D eigenvalue weighted by Gasteiger charge is -2.21. The van der Waals surface area contributed by atoms with Crippen LogP contribution in [-0.4, -0.2) is 45.5 Å². The van der Waals surface area contributed by atoms with E-state index < -0.39 is 5.97 Å². The normalized spacial score (nSPS) is 10.8. The first-order valence-corrected chi connectivity index (χ1v) is 12.3. The minimum absolute atomic E-state index is 0.0468. The lowest BCUT2D eigenvalue weighted by molar-refractivity contribution is -0.142. The molecular formula is C25H23ClN4O4S. The van der Waals surface area contributed by atoms with E-state index in [1.807, 2.05) is 47.0 Å². The standard InChI is InChI=1S/C25H23ClN4O4S/c1-2-33-23(32)16-29(20-7-4-3-5-8-20)22(31)17-35-25-28-27-24(18-10-12-19(26)13-11-18)30(25)15-21-9-6-14-34-21/h3-14H,2,15-17H2,1H3. The number of aromatic nitrogens is 3. The number of hydrogen-bond acceptors (Lipinski definition) is 7. The predicted octanol–water partition coefficient (Wildman–Crippen LogP) is 4.93. The lowest BCUT2D eigenvalue weighted by atomic mass is 10.2. The molecule has 0 fully saturated rings. The fourth-order valence-electron chi connectivity index (χ4n) is 3.38. The fraction of sp³-hybridized carbons (Fsp3) is 0.200. The molecule has 8 nitrogen and oxygen atoms in total. The molecule has 0 bridgehead atoms. The van der Waals surface area contributed by atoms with Crippen LogP contribution in [-0.2, 0) is 20.9 Å². The SMILES string of the molecule is CCOC(=O)CN(C(=O)CSc1nnc(-c2ccc(Cl)cc2)n1Cc1ccco1)c1ccccc1. The second-order valence-corrected chi connectivity index (χ2v) is 8.77. The molecule has 10 heteroatoms. The van der Waals surface area contributed by atoms with Crippen molar-refractivity contribution in [1.82, 2.24) is 14.8 Å². The highest BCUT2D eigenvalue weighted by Crippen LogP contribution is 2.27. The topological polar surface area (TPSA) is 90.5 Å². The van der Waals surface area contributed by atoms with E-state index >= 15 is 0 Å². The number of amides is 1. The van der Waals surface area contributed by atoms with Crippen LogP contribution in [0.2, 0.25) is 5.02 Å². The van der Waals surface area contributed by atoms with Gasteiger partial charge in [0.2, 0.25) is 5.91 Å². The minimum Gasteiger partial charge on any atom is -0.467 e. The Morgan fingerprint density at radius 2 is 1.83 bits per heavy atom. The van der Waals surface area contributed by atoms with Crippen molar-refractivity contribution in [2.75, 3.05) is 23.8 Å². The van der Waals surface area contributed by atoms with Crippen LogP contribution in [0, 0.1) is 0 Å². The van der Waals surface area contributed by atoms with Crippen LogP contribution in [0.1, 0.15) is 12.7 Å². The van der Waals surface area contributed by atoms with E-state index in [0.717, 1.165) is 11.3 Å². The zero-order chi connectivity index (χ0) is 24.6. The second-order valence-electron chi connectivity index (χ2n) is 7.39. The van der Waals surface area contributed by atoms with Gasteiger partial charge in [-0.2, -0.15) is 0 Å². The summed E-state index contributed by atoms with van der Waals surface area (Å²) < 4.78 is 12.5. The van der Waals surface area contributed by atoms with Gasteiger partial charge in [0.25, 0.3) is 0 Å². The Morgan fingerprint density at radius 1 is 1.06 bits per heavy atom. The molecule has 4 aromatic rings. The van der Waals surface area contributed by atoms with E-state index in [0.29, 0.717) is 28.2 Å². The van der Waals surface area contributed by atoms with Crippen molar-refractivity contribution in [3.8, 4) is 11.4 Å². The van der Waals surface area contributed by atoms with E-state index in [2.05, 4.69) is 10.2 Å². The Bertz CT molecular complexity index is 1260. The van der Waals surface area contributed by atoms with Crippen molar-refractivity contribution in [1.29, 1.82) is 0 Å². The number of ether oxygens (including phenoxy) is 1. The van der Waals surface area contributed by atoms with Crippen LogP contribution in [0.3, 0.4) is 0 Å². The lowest BCUT2D eigenvalue weighted by Crippen LogP contribution is -2.37. The summed E-state index contributed by atoms with van der Waals surface area (Å²) in [6, 6.07) is 20.0. The first-order chi connectivity index (χ1) is 17.0. The van der Waals surface area contributed by atoms with E-state index in [9.17, 15) is 9.59 Å². The van der Waals surface area contributed by atoms with Gasteiger partial charge in [0.05, 0.1) is 25.2 Å². The highest BCUT2D eigenvalue weighted by molar-refractivity contribution is 7.99. The van der Waals surface area contributed by atoms with Gasteiger partial charge in [0.1, 0.15) is 12.3 Å². The van der Waals surface area contributed by atoms with Crippen LogP contribution in [0.4, 0.5) is 5.69 Å². The summed E-state index contributed by atoms with van der Waals surface area (Å²) >= 11 is 7.28. The van der Waals surface area contributed by atoms with Crippen molar-refractivity contribution in [2.24, 2.45) is 0 Å². The number of hydrogen-bond donors (Lipinski definition) is 0. The molecule has 0 aliphatic rings. The summed E-state index contributed by atoms with van der Waals surface area (Å²) in [5.74, 6) is 0.669. The predicted molar refractivity (Wildman–Crippen MR) is 134 cm³/mol. The highest BCUT2D eigenvalue weighted by atomic mass is 35.5. The summed E-state index contributed by atoms with van der Waals surface area (Å²) in [6.45, 7) is 2.19. The molecule has 0 N–H and O–H groups in total. The number of furan rings is 1. The maximum absolute atomic E-state index is 13.2. The quantitative estimate of drug-likeness (QED) is 0.221. The van der Waals surface area contributed by atoms with Crippen molar-refractivity contribution in [3.05, 3.63) is 83.8 Å². The Labute approximate surface area is 211 Å². The molecule has 0 atom stereocenters. The molecule has 0 radical (unpaired) electrons. The molecule has 35 heavy (non-hydrogen) atoms. The fourth-order valence-corrected chi connectivity index (χ4v) is 4.32. The molecular weight excluding hydrogens is 488 g/mol.